The van der Waals surface area contributed by atoms with E-state index in [1.54, 1.807) is 6.07 Å². The number of nitrogens with zero attached hydrogens (tertiary/aromatic N) is 1. The van der Waals surface area contributed by atoms with Crippen LogP contribution < -0.4 is 5.32 Å². The Balaban J connectivity index is 2.78. The molecule has 1 unspecified atom stereocenters. The summed E-state index contributed by atoms with van der Waals surface area (Å²) in [5.74, 6) is -0.101. The van der Waals surface area contributed by atoms with Crippen molar-refractivity contribution in [2.75, 3.05) is 26.2 Å². The Morgan fingerprint density at radius 1 is 1.21 bits per heavy atom. The van der Waals surface area contributed by atoms with Crippen LogP contribution in [0.5, 0.6) is 0 Å². The average Bonchev–Trinajstić information content (AvgIpc) is 2.41. The lowest BCUT2D eigenvalue weighted by atomic mass is 10.0. The molecule has 108 valence electrons. The van der Waals surface area contributed by atoms with Crippen molar-refractivity contribution in [3.05, 3.63) is 35.1 Å². The van der Waals surface area contributed by atoms with Crippen LogP contribution in [-0.2, 0) is 0 Å². The van der Waals surface area contributed by atoms with E-state index >= 15 is 0 Å². The zero-order valence-electron chi connectivity index (χ0n) is 12.7. The minimum atomic E-state index is -0.101. The molecule has 0 amide bonds. The molecule has 1 aromatic carbocycles. The monoisotopic (exact) mass is 266 g/mol. The van der Waals surface area contributed by atoms with Crippen molar-refractivity contribution < 1.29 is 4.39 Å². The van der Waals surface area contributed by atoms with Crippen LogP contribution >= 0.6 is 0 Å². The molecule has 0 saturated heterocycles. The fraction of sp³-hybridized carbons (Fsp3) is 0.625. The smallest absolute Gasteiger partial charge is 0.127 e. The van der Waals surface area contributed by atoms with E-state index in [9.17, 15) is 4.39 Å². The van der Waals surface area contributed by atoms with Gasteiger partial charge in [-0.2, -0.15) is 0 Å². The van der Waals surface area contributed by atoms with Gasteiger partial charge in [0.1, 0.15) is 5.82 Å². The number of rotatable bonds is 8. The van der Waals surface area contributed by atoms with Crippen molar-refractivity contribution in [2.45, 2.75) is 40.2 Å². The first-order chi connectivity index (χ1) is 9.12. The van der Waals surface area contributed by atoms with Gasteiger partial charge in [0.2, 0.25) is 0 Å². The Morgan fingerprint density at radius 2 is 1.89 bits per heavy atom. The third-order valence-corrected chi connectivity index (χ3v) is 3.61. The van der Waals surface area contributed by atoms with Crippen molar-refractivity contribution in [3.63, 3.8) is 0 Å². The molecule has 1 N–H and O–H groups in total. The van der Waals surface area contributed by atoms with Gasteiger partial charge in [-0.25, -0.2) is 4.39 Å². The van der Waals surface area contributed by atoms with Crippen LogP contribution in [0.3, 0.4) is 0 Å². The van der Waals surface area contributed by atoms with E-state index in [1.165, 1.54) is 0 Å². The molecule has 0 bridgehead atoms. The summed E-state index contributed by atoms with van der Waals surface area (Å²) in [6.07, 6.45) is 0.940. The van der Waals surface area contributed by atoms with Crippen molar-refractivity contribution >= 4 is 0 Å². The van der Waals surface area contributed by atoms with Gasteiger partial charge in [-0.05, 0) is 45.6 Å². The highest BCUT2D eigenvalue weighted by Crippen LogP contribution is 2.22. The lowest BCUT2D eigenvalue weighted by Gasteiger charge is -2.24. The van der Waals surface area contributed by atoms with Gasteiger partial charge in [-0.15, -0.1) is 0 Å². The van der Waals surface area contributed by atoms with E-state index in [2.05, 4.69) is 31.0 Å². The Morgan fingerprint density at radius 3 is 2.47 bits per heavy atom. The Hall–Kier alpha value is -0.930. The van der Waals surface area contributed by atoms with E-state index in [0.29, 0.717) is 0 Å². The quantitative estimate of drug-likeness (QED) is 0.774. The zero-order valence-corrected chi connectivity index (χ0v) is 12.7. The summed E-state index contributed by atoms with van der Waals surface area (Å²) in [4.78, 5) is 2.37. The molecule has 0 spiro atoms. The number of halogens is 1. The number of hydrogen-bond donors (Lipinski definition) is 1. The van der Waals surface area contributed by atoms with Gasteiger partial charge < -0.3 is 10.2 Å². The summed E-state index contributed by atoms with van der Waals surface area (Å²) in [5, 5.41) is 3.40. The van der Waals surface area contributed by atoms with Gasteiger partial charge in [-0.3, -0.25) is 0 Å². The van der Waals surface area contributed by atoms with Gasteiger partial charge in [0.15, 0.2) is 0 Å². The summed E-state index contributed by atoms with van der Waals surface area (Å²) < 4.78 is 14.0. The van der Waals surface area contributed by atoms with Crippen LogP contribution in [0, 0.1) is 12.7 Å². The normalized spacial score (nSPS) is 12.9. The molecule has 0 saturated carbocycles. The molecule has 1 aromatic rings. The second kappa shape index (κ2) is 8.28. The van der Waals surface area contributed by atoms with Crippen LogP contribution in [0.2, 0.25) is 0 Å². The molecule has 1 rings (SSSR count). The van der Waals surface area contributed by atoms with E-state index < -0.39 is 0 Å². The van der Waals surface area contributed by atoms with Gasteiger partial charge >= 0.3 is 0 Å². The molecular weight excluding hydrogens is 239 g/mol. The highest BCUT2D eigenvalue weighted by atomic mass is 19.1. The first kappa shape index (κ1) is 16.1. The highest BCUT2D eigenvalue weighted by molar-refractivity contribution is 5.27. The van der Waals surface area contributed by atoms with Crippen molar-refractivity contribution in [1.29, 1.82) is 0 Å². The van der Waals surface area contributed by atoms with E-state index in [-0.39, 0.29) is 11.9 Å². The SMILES string of the molecule is CCNC(CCN(CC)CC)c1cc(C)ccc1F. The molecule has 1 atom stereocenters. The summed E-state index contributed by atoms with van der Waals surface area (Å²) >= 11 is 0. The molecular formula is C16H27FN2. The number of hydrogen-bond acceptors (Lipinski definition) is 2. The molecule has 0 fully saturated rings. The van der Waals surface area contributed by atoms with E-state index in [1.807, 2.05) is 19.1 Å². The molecule has 0 aliphatic carbocycles. The Bertz CT molecular complexity index is 375. The van der Waals surface area contributed by atoms with Gasteiger partial charge in [-0.1, -0.05) is 38.5 Å². The van der Waals surface area contributed by atoms with Crippen molar-refractivity contribution in [2.24, 2.45) is 0 Å². The second-order valence-corrected chi connectivity index (χ2v) is 4.95. The Labute approximate surface area is 117 Å². The Kier molecular flexibility index (Phi) is 7.03. The standard InChI is InChI=1S/C16H27FN2/c1-5-18-16(10-11-19(6-2)7-3)14-12-13(4)8-9-15(14)17/h8-9,12,16,18H,5-7,10-11H2,1-4H3. The predicted octanol–water partition coefficient (Wildman–Crippen LogP) is 3.52. The van der Waals surface area contributed by atoms with Gasteiger partial charge in [0.05, 0.1) is 0 Å². The topological polar surface area (TPSA) is 15.3 Å². The third-order valence-electron chi connectivity index (χ3n) is 3.61. The first-order valence-electron chi connectivity index (χ1n) is 7.34. The van der Waals surface area contributed by atoms with Gasteiger partial charge in [0.25, 0.3) is 0 Å². The van der Waals surface area contributed by atoms with Crippen molar-refractivity contribution in [3.8, 4) is 0 Å². The fourth-order valence-corrected chi connectivity index (χ4v) is 2.40. The minimum Gasteiger partial charge on any atom is -0.310 e. The van der Waals surface area contributed by atoms with Crippen LogP contribution in [0.25, 0.3) is 0 Å². The van der Waals surface area contributed by atoms with E-state index in [4.69, 9.17) is 0 Å². The van der Waals surface area contributed by atoms with Gasteiger partial charge in [0, 0.05) is 11.6 Å². The number of nitrogens with one attached hydrogen (secondary N) is 1. The van der Waals surface area contributed by atoms with Crippen LogP contribution in [-0.4, -0.2) is 31.1 Å². The maximum absolute atomic E-state index is 14.0. The number of benzene rings is 1. The van der Waals surface area contributed by atoms with Crippen LogP contribution in [0.15, 0.2) is 18.2 Å². The largest absolute Gasteiger partial charge is 0.310 e. The predicted molar refractivity (Wildman–Crippen MR) is 80.0 cm³/mol. The molecule has 19 heavy (non-hydrogen) atoms. The molecule has 0 aliphatic heterocycles. The summed E-state index contributed by atoms with van der Waals surface area (Å²) in [6, 6.07) is 5.47. The number of aryl methyl sites for hydroxylation is 1. The maximum atomic E-state index is 14.0. The molecule has 0 radical (unpaired) electrons. The molecule has 3 heteroatoms. The minimum absolute atomic E-state index is 0.101. The molecule has 0 aliphatic rings. The van der Waals surface area contributed by atoms with Crippen LogP contribution in [0.1, 0.15) is 44.4 Å². The first-order valence-corrected chi connectivity index (χ1v) is 7.34. The van der Waals surface area contributed by atoms with Crippen molar-refractivity contribution in [1.82, 2.24) is 10.2 Å². The zero-order chi connectivity index (χ0) is 14.3. The molecule has 2 nitrogen and oxygen atoms in total. The lowest BCUT2D eigenvalue weighted by molar-refractivity contribution is 0.281. The molecule has 0 aromatic heterocycles. The second-order valence-electron chi connectivity index (χ2n) is 4.95. The lowest BCUT2D eigenvalue weighted by Crippen LogP contribution is -2.30. The van der Waals surface area contributed by atoms with Crippen LogP contribution in [0.4, 0.5) is 4.39 Å². The summed E-state index contributed by atoms with van der Waals surface area (Å²) in [5.41, 5.74) is 1.91. The summed E-state index contributed by atoms with van der Waals surface area (Å²) in [6.45, 7) is 12.4. The molecule has 0 heterocycles. The average molecular weight is 266 g/mol. The summed E-state index contributed by atoms with van der Waals surface area (Å²) in [7, 11) is 0. The third kappa shape index (κ3) is 4.92. The highest BCUT2D eigenvalue weighted by Gasteiger charge is 2.15. The fourth-order valence-electron chi connectivity index (χ4n) is 2.40. The maximum Gasteiger partial charge on any atom is 0.127 e. The van der Waals surface area contributed by atoms with E-state index in [0.717, 1.165) is 43.7 Å².